The first kappa shape index (κ1) is 16.2. The Balaban J connectivity index is 1.76. The lowest BCUT2D eigenvalue weighted by atomic mass is 10.1. The van der Waals surface area contributed by atoms with Gasteiger partial charge in [0.25, 0.3) is 0 Å². The third-order valence-corrected chi connectivity index (χ3v) is 3.29. The number of nitrogens with one attached hydrogen (secondary N) is 1. The normalized spacial score (nSPS) is 12.3. The van der Waals surface area contributed by atoms with Crippen molar-refractivity contribution in [3.8, 4) is 0 Å². The molecule has 1 atom stereocenters. The van der Waals surface area contributed by atoms with Crippen molar-refractivity contribution >= 4 is 23.6 Å². The molecule has 1 amide bonds. The summed E-state index contributed by atoms with van der Waals surface area (Å²) in [6.45, 7) is 0.399. The first-order valence-electron chi connectivity index (χ1n) is 6.95. The van der Waals surface area contributed by atoms with Crippen LogP contribution in [0, 0.1) is 0 Å². The highest BCUT2D eigenvalue weighted by Gasteiger charge is 2.06. The largest absolute Gasteiger partial charge is 0.388 e. The van der Waals surface area contributed by atoms with Crippen LogP contribution >= 0.6 is 11.6 Å². The van der Waals surface area contributed by atoms with E-state index in [1.165, 1.54) is 6.08 Å². The summed E-state index contributed by atoms with van der Waals surface area (Å²) >= 11 is 5.76. The molecule has 0 saturated heterocycles. The minimum Gasteiger partial charge on any atom is -0.388 e. The number of amides is 1. The van der Waals surface area contributed by atoms with Gasteiger partial charge >= 0.3 is 0 Å². The number of pyridine rings is 1. The van der Waals surface area contributed by atoms with Crippen molar-refractivity contribution in [2.24, 2.45) is 0 Å². The van der Waals surface area contributed by atoms with Gasteiger partial charge in [-0.3, -0.25) is 4.79 Å². The van der Waals surface area contributed by atoms with E-state index in [2.05, 4.69) is 10.3 Å². The van der Waals surface area contributed by atoms with Gasteiger partial charge in [-0.1, -0.05) is 41.9 Å². The molecular weight excluding hydrogens is 300 g/mol. The van der Waals surface area contributed by atoms with E-state index in [1.54, 1.807) is 24.4 Å². The molecule has 114 valence electrons. The molecule has 1 aromatic carbocycles. The van der Waals surface area contributed by atoms with Crippen molar-refractivity contribution in [1.82, 2.24) is 10.3 Å². The van der Waals surface area contributed by atoms with Gasteiger partial charge in [0.05, 0.1) is 6.10 Å². The monoisotopic (exact) mass is 316 g/mol. The van der Waals surface area contributed by atoms with Gasteiger partial charge in [-0.25, -0.2) is 4.98 Å². The number of benzene rings is 1. The van der Waals surface area contributed by atoms with E-state index in [0.29, 0.717) is 18.1 Å². The summed E-state index contributed by atoms with van der Waals surface area (Å²) in [5, 5.41) is 13.1. The van der Waals surface area contributed by atoms with Crippen molar-refractivity contribution < 1.29 is 9.90 Å². The minimum absolute atomic E-state index is 0.215. The van der Waals surface area contributed by atoms with E-state index in [9.17, 15) is 9.90 Å². The molecule has 0 fully saturated rings. The number of hydrogen-bond acceptors (Lipinski definition) is 3. The van der Waals surface area contributed by atoms with E-state index >= 15 is 0 Å². The molecule has 22 heavy (non-hydrogen) atoms. The van der Waals surface area contributed by atoms with Crippen LogP contribution in [-0.4, -0.2) is 22.5 Å². The molecule has 1 heterocycles. The van der Waals surface area contributed by atoms with Crippen molar-refractivity contribution in [2.75, 3.05) is 6.54 Å². The van der Waals surface area contributed by atoms with E-state index in [0.717, 1.165) is 11.1 Å². The zero-order valence-electron chi connectivity index (χ0n) is 11.9. The topological polar surface area (TPSA) is 62.2 Å². The van der Waals surface area contributed by atoms with E-state index in [1.807, 2.05) is 30.3 Å². The lowest BCUT2D eigenvalue weighted by Gasteiger charge is -2.10. The average molecular weight is 317 g/mol. The Morgan fingerprint density at radius 2 is 2.09 bits per heavy atom. The summed E-state index contributed by atoms with van der Waals surface area (Å²) in [4.78, 5) is 15.6. The molecule has 2 aromatic rings. The molecule has 0 aliphatic carbocycles. The van der Waals surface area contributed by atoms with E-state index < -0.39 is 6.10 Å². The van der Waals surface area contributed by atoms with Crippen molar-refractivity contribution in [3.05, 3.63) is 71.0 Å². The maximum atomic E-state index is 11.7. The van der Waals surface area contributed by atoms with Crippen LogP contribution in [0.15, 0.2) is 54.7 Å². The van der Waals surface area contributed by atoms with Crippen LogP contribution < -0.4 is 5.32 Å². The maximum Gasteiger partial charge on any atom is 0.244 e. The number of carbonyl (C=O) groups excluding carboxylic acids is 1. The summed E-state index contributed by atoms with van der Waals surface area (Å²) in [6, 6.07) is 12.8. The molecule has 4 nitrogen and oxygen atoms in total. The summed E-state index contributed by atoms with van der Waals surface area (Å²) in [7, 11) is 0. The summed E-state index contributed by atoms with van der Waals surface area (Å²) in [5.74, 6) is -0.215. The number of halogens is 1. The molecule has 0 radical (unpaired) electrons. The average Bonchev–Trinajstić information content (AvgIpc) is 2.54. The minimum atomic E-state index is -0.579. The molecule has 0 spiro atoms. The number of aromatic nitrogens is 1. The molecule has 2 rings (SSSR count). The fourth-order valence-corrected chi connectivity index (χ4v) is 2.11. The highest BCUT2D eigenvalue weighted by molar-refractivity contribution is 6.29. The smallest absolute Gasteiger partial charge is 0.244 e. The molecule has 1 unspecified atom stereocenters. The van der Waals surface area contributed by atoms with Crippen molar-refractivity contribution in [1.29, 1.82) is 0 Å². The van der Waals surface area contributed by atoms with Gasteiger partial charge in [0.1, 0.15) is 5.15 Å². The second-order valence-electron chi connectivity index (χ2n) is 4.75. The SMILES string of the molecule is O=C(/C=C/c1ccnc(Cl)c1)NCCC(O)c1ccccc1. The maximum absolute atomic E-state index is 11.7. The summed E-state index contributed by atoms with van der Waals surface area (Å²) < 4.78 is 0. The molecule has 0 bridgehead atoms. The molecule has 0 aliphatic heterocycles. The van der Waals surface area contributed by atoms with Gasteiger partial charge < -0.3 is 10.4 Å². The molecule has 2 N–H and O–H groups in total. The lowest BCUT2D eigenvalue weighted by Crippen LogP contribution is -2.23. The third kappa shape index (κ3) is 5.31. The standard InChI is InChI=1S/C17H17ClN2O2/c18-16-12-13(8-10-19-16)6-7-17(22)20-11-9-15(21)14-4-2-1-3-5-14/h1-8,10,12,15,21H,9,11H2,(H,20,22)/b7-6+. The predicted octanol–water partition coefficient (Wildman–Crippen LogP) is 2.99. The second-order valence-corrected chi connectivity index (χ2v) is 5.14. The Kier molecular flexibility index (Phi) is 6.13. The highest BCUT2D eigenvalue weighted by atomic mass is 35.5. The first-order chi connectivity index (χ1) is 10.6. The van der Waals surface area contributed by atoms with Crippen LogP contribution in [0.25, 0.3) is 6.08 Å². The number of rotatable bonds is 6. The Morgan fingerprint density at radius 1 is 1.32 bits per heavy atom. The first-order valence-corrected chi connectivity index (χ1v) is 7.33. The van der Waals surface area contributed by atoms with Crippen LogP contribution in [0.3, 0.4) is 0 Å². The van der Waals surface area contributed by atoms with Crippen LogP contribution in [0.2, 0.25) is 5.15 Å². The number of nitrogens with zero attached hydrogens (tertiary/aromatic N) is 1. The lowest BCUT2D eigenvalue weighted by molar-refractivity contribution is -0.116. The van der Waals surface area contributed by atoms with Gasteiger partial charge in [0.15, 0.2) is 0 Å². The van der Waals surface area contributed by atoms with Crippen molar-refractivity contribution in [2.45, 2.75) is 12.5 Å². The van der Waals surface area contributed by atoms with Gasteiger partial charge in [0, 0.05) is 18.8 Å². The van der Waals surface area contributed by atoms with Gasteiger partial charge in [0.2, 0.25) is 5.91 Å². The molecular formula is C17H17ClN2O2. The zero-order chi connectivity index (χ0) is 15.8. The van der Waals surface area contributed by atoms with Crippen LogP contribution in [0.5, 0.6) is 0 Å². The number of carbonyl (C=O) groups is 1. The fraction of sp³-hybridized carbons (Fsp3) is 0.176. The van der Waals surface area contributed by atoms with E-state index in [4.69, 9.17) is 11.6 Å². The van der Waals surface area contributed by atoms with Crippen LogP contribution in [-0.2, 0) is 4.79 Å². The third-order valence-electron chi connectivity index (χ3n) is 3.08. The van der Waals surface area contributed by atoms with Crippen molar-refractivity contribution in [3.63, 3.8) is 0 Å². The Bertz CT molecular complexity index is 644. The number of hydrogen-bond donors (Lipinski definition) is 2. The Hall–Kier alpha value is -2.17. The number of aliphatic hydroxyl groups is 1. The molecule has 0 saturated carbocycles. The van der Waals surface area contributed by atoms with Gasteiger partial charge in [-0.05, 0) is 35.8 Å². The highest BCUT2D eigenvalue weighted by Crippen LogP contribution is 2.14. The fourth-order valence-electron chi connectivity index (χ4n) is 1.93. The zero-order valence-corrected chi connectivity index (χ0v) is 12.7. The van der Waals surface area contributed by atoms with Crippen LogP contribution in [0.4, 0.5) is 0 Å². The Morgan fingerprint density at radius 3 is 2.82 bits per heavy atom. The molecule has 0 aliphatic rings. The predicted molar refractivity (Wildman–Crippen MR) is 87.3 cm³/mol. The Labute approximate surface area is 134 Å². The molecule has 1 aromatic heterocycles. The summed E-state index contributed by atoms with van der Waals surface area (Å²) in [6.07, 6.45) is 4.56. The summed E-state index contributed by atoms with van der Waals surface area (Å²) in [5.41, 5.74) is 1.65. The van der Waals surface area contributed by atoms with Crippen LogP contribution in [0.1, 0.15) is 23.7 Å². The molecule has 5 heteroatoms. The second kappa shape index (κ2) is 8.32. The van der Waals surface area contributed by atoms with Gasteiger partial charge in [-0.15, -0.1) is 0 Å². The van der Waals surface area contributed by atoms with E-state index in [-0.39, 0.29) is 5.91 Å². The quantitative estimate of drug-likeness (QED) is 0.636. The van der Waals surface area contributed by atoms with Gasteiger partial charge in [-0.2, -0.15) is 0 Å². The number of aliphatic hydroxyl groups excluding tert-OH is 1.